The van der Waals surface area contributed by atoms with Gasteiger partial charge in [-0.2, -0.15) is 10.2 Å². The number of aliphatic hydroxyl groups excluding tert-OH is 1. The Kier molecular flexibility index (Phi) is 4.52. The average Bonchev–Trinajstić information content (AvgIpc) is 3.35. The molecular weight excluding hydrogens is 358 g/mol. The Hall–Kier alpha value is -2.97. The van der Waals surface area contributed by atoms with Gasteiger partial charge >= 0.3 is 0 Å². The predicted octanol–water partition coefficient (Wildman–Crippen LogP) is 1.29. The summed E-state index contributed by atoms with van der Waals surface area (Å²) < 4.78 is 3.39. The van der Waals surface area contributed by atoms with Crippen molar-refractivity contribution < 1.29 is 10.2 Å². The number of aliphatic hydroxyl groups is 1. The summed E-state index contributed by atoms with van der Waals surface area (Å²) in [6, 6.07) is 10.4. The highest BCUT2D eigenvalue weighted by Gasteiger charge is 2.44. The number of rotatable bonds is 6. The highest BCUT2D eigenvalue weighted by Crippen LogP contribution is 2.49. The standard InChI is InChI=1S/C20H23N5O3/c1-21-19(28)17-18(27)16(26)11-25(23-17)12-20(8-9-20)14-5-3-13(4-6-14)15-7-10-22-24(15)2/h3-7,10-11,19,21,26,28H,8-9,12H2,1-2H3. The summed E-state index contributed by atoms with van der Waals surface area (Å²) in [6.45, 7) is 0.523. The summed E-state index contributed by atoms with van der Waals surface area (Å²) in [5, 5.41) is 30.9. The molecule has 8 heteroatoms. The van der Waals surface area contributed by atoms with Gasteiger partial charge in [-0.3, -0.25) is 19.5 Å². The van der Waals surface area contributed by atoms with Gasteiger partial charge in [0.1, 0.15) is 0 Å². The van der Waals surface area contributed by atoms with Crippen molar-refractivity contribution in [1.82, 2.24) is 24.9 Å². The van der Waals surface area contributed by atoms with E-state index in [9.17, 15) is 15.0 Å². The van der Waals surface area contributed by atoms with E-state index in [4.69, 9.17) is 0 Å². The lowest BCUT2D eigenvalue weighted by atomic mass is 9.94. The van der Waals surface area contributed by atoms with Crippen LogP contribution in [0, 0.1) is 0 Å². The molecule has 2 aromatic heterocycles. The smallest absolute Gasteiger partial charge is 0.248 e. The van der Waals surface area contributed by atoms with Gasteiger partial charge < -0.3 is 10.2 Å². The Morgan fingerprint density at radius 3 is 2.54 bits per heavy atom. The van der Waals surface area contributed by atoms with Gasteiger partial charge in [0.05, 0.1) is 18.4 Å². The zero-order valence-electron chi connectivity index (χ0n) is 15.8. The van der Waals surface area contributed by atoms with Crippen molar-refractivity contribution >= 4 is 0 Å². The van der Waals surface area contributed by atoms with Gasteiger partial charge in [0.2, 0.25) is 5.43 Å². The van der Waals surface area contributed by atoms with E-state index in [1.807, 2.05) is 17.8 Å². The maximum absolute atomic E-state index is 12.0. The van der Waals surface area contributed by atoms with Gasteiger partial charge in [-0.15, -0.1) is 0 Å². The van der Waals surface area contributed by atoms with Crippen LogP contribution in [0.5, 0.6) is 5.75 Å². The van der Waals surface area contributed by atoms with Crippen molar-refractivity contribution in [1.29, 1.82) is 0 Å². The molecule has 8 nitrogen and oxygen atoms in total. The van der Waals surface area contributed by atoms with Gasteiger partial charge in [0.25, 0.3) is 0 Å². The van der Waals surface area contributed by atoms with Gasteiger partial charge in [-0.25, -0.2) is 0 Å². The SMILES string of the molecule is CNC(O)c1nn(CC2(c3ccc(-c4ccnn4C)cc3)CC2)cc(O)c1=O. The van der Waals surface area contributed by atoms with Crippen molar-refractivity contribution in [2.24, 2.45) is 7.05 Å². The van der Waals surface area contributed by atoms with Crippen LogP contribution in [0.2, 0.25) is 0 Å². The van der Waals surface area contributed by atoms with Crippen molar-refractivity contribution in [3.05, 3.63) is 64.2 Å². The Bertz CT molecular complexity index is 1050. The first-order valence-electron chi connectivity index (χ1n) is 9.18. The zero-order chi connectivity index (χ0) is 19.9. The number of aromatic hydroxyl groups is 1. The molecule has 0 amide bonds. The van der Waals surface area contributed by atoms with E-state index in [2.05, 4.69) is 39.8 Å². The number of benzene rings is 1. The Labute approximate surface area is 162 Å². The maximum Gasteiger partial charge on any atom is 0.248 e. The van der Waals surface area contributed by atoms with Crippen LogP contribution in [-0.4, -0.2) is 36.8 Å². The van der Waals surface area contributed by atoms with Gasteiger partial charge in [0, 0.05) is 18.7 Å². The highest BCUT2D eigenvalue weighted by molar-refractivity contribution is 5.60. The molecule has 3 aromatic rings. The first kappa shape index (κ1) is 18.4. The molecule has 1 aromatic carbocycles. The lowest BCUT2D eigenvalue weighted by Gasteiger charge is -2.19. The summed E-state index contributed by atoms with van der Waals surface area (Å²) in [5.74, 6) is -0.415. The molecule has 0 radical (unpaired) electrons. The number of nitrogens with one attached hydrogen (secondary N) is 1. The maximum atomic E-state index is 12.0. The third kappa shape index (κ3) is 3.21. The summed E-state index contributed by atoms with van der Waals surface area (Å²) in [5.41, 5.74) is 2.48. The van der Waals surface area contributed by atoms with Crippen LogP contribution >= 0.6 is 0 Å². The molecule has 0 aliphatic heterocycles. The van der Waals surface area contributed by atoms with Gasteiger partial charge in [-0.05, 0) is 37.1 Å². The fourth-order valence-corrected chi connectivity index (χ4v) is 3.59. The van der Waals surface area contributed by atoms with Crippen LogP contribution in [0.15, 0.2) is 47.5 Å². The number of nitrogens with zero attached hydrogens (tertiary/aromatic N) is 4. The van der Waals surface area contributed by atoms with E-state index >= 15 is 0 Å². The normalized spacial score (nSPS) is 16.1. The van der Waals surface area contributed by atoms with E-state index < -0.39 is 17.4 Å². The number of aryl methyl sites for hydroxylation is 1. The van der Waals surface area contributed by atoms with Crippen LogP contribution in [0.4, 0.5) is 0 Å². The molecule has 1 saturated carbocycles. The van der Waals surface area contributed by atoms with Crippen LogP contribution < -0.4 is 10.7 Å². The summed E-state index contributed by atoms with van der Waals surface area (Å²) in [7, 11) is 3.43. The predicted molar refractivity (Wildman–Crippen MR) is 104 cm³/mol. The molecule has 28 heavy (non-hydrogen) atoms. The van der Waals surface area contributed by atoms with Crippen molar-refractivity contribution in [2.75, 3.05) is 7.05 Å². The van der Waals surface area contributed by atoms with Gasteiger partial charge in [0.15, 0.2) is 17.7 Å². The van der Waals surface area contributed by atoms with Crippen molar-refractivity contribution in [3.63, 3.8) is 0 Å². The minimum Gasteiger partial charge on any atom is -0.503 e. The third-order valence-corrected chi connectivity index (χ3v) is 5.44. The fourth-order valence-electron chi connectivity index (χ4n) is 3.59. The molecule has 1 fully saturated rings. The van der Waals surface area contributed by atoms with E-state index in [1.54, 1.807) is 10.9 Å². The van der Waals surface area contributed by atoms with Crippen LogP contribution in [0.3, 0.4) is 0 Å². The molecule has 0 spiro atoms. The van der Waals surface area contributed by atoms with Crippen LogP contribution in [0.25, 0.3) is 11.3 Å². The molecule has 0 bridgehead atoms. The summed E-state index contributed by atoms with van der Waals surface area (Å²) >= 11 is 0. The molecule has 146 valence electrons. The molecule has 1 aliphatic carbocycles. The van der Waals surface area contributed by atoms with E-state index in [0.29, 0.717) is 6.54 Å². The second-order valence-corrected chi connectivity index (χ2v) is 7.32. The zero-order valence-corrected chi connectivity index (χ0v) is 15.8. The first-order chi connectivity index (χ1) is 13.4. The van der Waals surface area contributed by atoms with Crippen molar-refractivity contribution in [2.45, 2.75) is 31.0 Å². The molecule has 3 N–H and O–H groups in total. The summed E-state index contributed by atoms with van der Waals surface area (Å²) in [4.78, 5) is 12.0. The topological polar surface area (TPSA) is 105 Å². The Morgan fingerprint density at radius 1 is 1.25 bits per heavy atom. The largest absolute Gasteiger partial charge is 0.503 e. The number of hydrogen-bond acceptors (Lipinski definition) is 6. The molecule has 1 aliphatic rings. The number of aromatic nitrogens is 4. The van der Waals surface area contributed by atoms with E-state index in [-0.39, 0.29) is 11.1 Å². The minimum atomic E-state index is -1.22. The molecular formula is C20H23N5O3. The molecule has 1 unspecified atom stereocenters. The second-order valence-electron chi connectivity index (χ2n) is 7.32. The third-order valence-electron chi connectivity index (χ3n) is 5.44. The Balaban J connectivity index is 1.61. The first-order valence-corrected chi connectivity index (χ1v) is 9.18. The van der Waals surface area contributed by atoms with Gasteiger partial charge in [-0.1, -0.05) is 24.3 Å². The number of hydrogen-bond donors (Lipinski definition) is 3. The van der Waals surface area contributed by atoms with E-state index in [1.165, 1.54) is 18.8 Å². The lowest BCUT2D eigenvalue weighted by molar-refractivity contribution is 0.139. The average molecular weight is 381 g/mol. The fraction of sp³-hybridized carbons (Fsp3) is 0.350. The molecule has 2 heterocycles. The van der Waals surface area contributed by atoms with Crippen molar-refractivity contribution in [3.8, 4) is 17.0 Å². The highest BCUT2D eigenvalue weighted by atomic mass is 16.3. The van der Waals surface area contributed by atoms with Crippen LogP contribution in [-0.2, 0) is 19.0 Å². The second kappa shape index (κ2) is 6.88. The van der Waals surface area contributed by atoms with Crippen LogP contribution in [0.1, 0.15) is 30.3 Å². The molecule has 1 atom stereocenters. The Morgan fingerprint density at radius 2 is 1.96 bits per heavy atom. The monoisotopic (exact) mass is 381 g/mol. The molecule has 4 rings (SSSR count). The summed E-state index contributed by atoms with van der Waals surface area (Å²) in [6.07, 6.45) is 3.88. The lowest BCUT2D eigenvalue weighted by Crippen LogP contribution is -2.28. The molecule has 0 saturated heterocycles. The van der Waals surface area contributed by atoms with E-state index in [0.717, 1.165) is 24.1 Å². The minimum absolute atomic E-state index is 0.0820. The quantitative estimate of drug-likeness (QED) is 0.556.